The fraction of sp³-hybridized carbons (Fsp3) is 0.455. The zero-order chi connectivity index (χ0) is 15.1. The standard InChI is InChI=1S/C11H8ClF5N2O/c12-8-7(3-6(4-18-8)11(15,16)17)9(20)19-2-1-10(13,14)5-19/h3-4H,1-2,5H2. The van der Waals surface area contributed by atoms with Crippen LogP contribution in [0.1, 0.15) is 22.3 Å². The number of likely N-dealkylation sites (tertiary alicyclic amines) is 1. The number of rotatable bonds is 1. The van der Waals surface area contributed by atoms with Gasteiger partial charge in [-0.25, -0.2) is 13.8 Å². The van der Waals surface area contributed by atoms with E-state index in [1.807, 2.05) is 0 Å². The van der Waals surface area contributed by atoms with Gasteiger partial charge in [0.15, 0.2) is 0 Å². The van der Waals surface area contributed by atoms with E-state index >= 15 is 0 Å². The molecule has 1 aliphatic rings. The van der Waals surface area contributed by atoms with Crippen LogP contribution in [0.5, 0.6) is 0 Å². The maximum absolute atomic E-state index is 13.0. The quantitative estimate of drug-likeness (QED) is 0.589. The predicted molar refractivity (Wildman–Crippen MR) is 59.7 cm³/mol. The Hall–Kier alpha value is -1.44. The van der Waals surface area contributed by atoms with Crippen molar-refractivity contribution < 1.29 is 26.7 Å². The molecule has 0 atom stereocenters. The van der Waals surface area contributed by atoms with E-state index in [9.17, 15) is 26.7 Å². The third-order valence-corrected chi connectivity index (χ3v) is 3.15. The van der Waals surface area contributed by atoms with Gasteiger partial charge in [0.25, 0.3) is 11.8 Å². The van der Waals surface area contributed by atoms with Crippen molar-refractivity contribution in [2.75, 3.05) is 13.1 Å². The number of amides is 1. The molecule has 3 nitrogen and oxygen atoms in total. The first-order valence-corrected chi connectivity index (χ1v) is 5.88. The van der Waals surface area contributed by atoms with Crippen LogP contribution in [0, 0.1) is 0 Å². The molecule has 0 aromatic carbocycles. The average molecular weight is 315 g/mol. The van der Waals surface area contributed by atoms with Gasteiger partial charge in [-0.15, -0.1) is 0 Å². The SMILES string of the molecule is O=C(c1cc(C(F)(F)F)cnc1Cl)N1CCC(F)(F)C1. The smallest absolute Gasteiger partial charge is 0.332 e. The summed E-state index contributed by atoms with van der Waals surface area (Å²) < 4.78 is 63.6. The molecule has 9 heteroatoms. The normalized spacial score (nSPS) is 18.4. The summed E-state index contributed by atoms with van der Waals surface area (Å²) in [7, 11) is 0. The Kier molecular flexibility index (Phi) is 3.62. The van der Waals surface area contributed by atoms with Gasteiger partial charge in [-0.05, 0) is 6.07 Å². The van der Waals surface area contributed by atoms with Gasteiger partial charge < -0.3 is 4.90 Å². The number of hydrogen-bond donors (Lipinski definition) is 0. The van der Waals surface area contributed by atoms with Crippen molar-refractivity contribution in [1.82, 2.24) is 9.88 Å². The van der Waals surface area contributed by atoms with Crippen LogP contribution in [0.15, 0.2) is 12.3 Å². The van der Waals surface area contributed by atoms with Crippen LogP contribution in [0.3, 0.4) is 0 Å². The molecular formula is C11H8ClF5N2O. The van der Waals surface area contributed by atoms with Gasteiger partial charge in [0, 0.05) is 19.2 Å². The molecule has 20 heavy (non-hydrogen) atoms. The lowest BCUT2D eigenvalue weighted by molar-refractivity contribution is -0.137. The lowest BCUT2D eigenvalue weighted by Gasteiger charge is -2.17. The Morgan fingerprint density at radius 2 is 2.05 bits per heavy atom. The van der Waals surface area contributed by atoms with Gasteiger partial charge >= 0.3 is 6.18 Å². The molecule has 1 saturated heterocycles. The zero-order valence-electron chi connectivity index (χ0n) is 9.85. The molecule has 1 fully saturated rings. The number of pyridine rings is 1. The van der Waals surface area contributed by atoms with Crippen LogP contribution in [0.25, 0.3) is 0 Å². The molecule has 0 saturated carbocycles. The van der Waals surface area contributed by atoms with Gasteiger partial charge in [-0.1, -0.05) is 11.6 Å². The van der Waals surface area contributed by atoms with Crippen molar-refractivity contribution in [2.24, 2.45) is 0 Å². The maximum atomic E-state index is 13.0. The molecular weight excluding hydrogens is 307 g/mol. The van der Waals surface area contributed by atoms with Crippen LogP contribution in [-0.4, -0.2) is 34.8 Å². The number of carbonyl (C=O) groups is 1. The maximum Gasteiger partial charge on any atom is 0.417 e. The van der Waals surface area contributed by atoms with E-state index in [2.05, 4.69) is 4.98 Å². The Labute approximate surface area is 115 Å². The van der Waals surface area contributed by atoms with Crippen molar-refractivity contribution in [2.45, 2.75) is 18.5 Å². The Morgan fingerprint density at radius 1 is 1.40 bits per heavy atom. The van der Waals surface area contributed by atoms with E-state index in [-0.39, 0.29) is 6.54 Å². The Bertz CT molecular complexity index is 546. The van der Waals surface area contributed by atoms with Crippen molar-refractivity contribution in [3.63, 3.8) is 0 Å². The third-order valence-electron chi connectivity index (χ3n) is 2.85. The summed E-state index contributed by atoms with van der Waals surface area (Å²) >= 11 is 5.58. The molecule has 1 aromatic rings. The summed E-state index contributed by atoms with van der Waals surface area (Å²) in [5, 5.41) is -0.446. The van der Waals surface area contributed by atoms with E-state index in [1.165, 1.54) is 0 Å². The molecule has 0 aliphatic carbocycles. The molecule has 1 amide bonds. The van der Waals surface area contributed by atoms with E-state index in [0.717, 1.165) is 4.90 Å². The van der Waals surface area contributed by atoms with Crippen LogP contribution in [-0.2, 0) is 6.18 Å². The Morgan fingerprint density at radius 3 is 2.55 bits per heavy atom. The van der Waals surface area contributed by atoms with Crippen molar-refractivity contribution in [3.05, 3.63) is 28.5 Å². The van der Waals surface area contributed by atoms with Gasteiger partial charge in [0.2, 0.25) is 0 Å². The first kappa shape index (κ1) is 15.0. The van der Waals surface area contributed by atoms with Crippen LogP contribution < -0.4 is 0 Å². The van der Waals surface area contributed by atoms with E-state index in [1.54, 1.807) is 0 Å². The van der Waals surface area contributed by atoms with E-state index < -0.39 is 47.3 Å². The van der Waals surface area contributed by atoms with Crippen molar-refractivity contribution in [1.29, 1.82) is 0 Å². The molecule has 0 N–H and O–H groups in total. The summed E-state index contributed by atoms with van der Waals surface area (Å²) in [6.07, 6.45) is -4.73. The minimum absolute atomic E-state index is 0.238. The second kappa shape index (κ2) is 4.83. The number of nitrogens with zero attached hydrogens (tertiary/aromatic N) is 2. The highest BCUT2D eigenvalue weighted by molar-refractivity contribution is 6.32. The van der Waals surface area contributed by atoms with E-state index in [0.29, 0.717) is 12.3 Å². The average Bonchev–Trinajstić information content (AvgIpc) is 2.68. The molecule has 1 aliphatic heterocycles. The predicted octanol–water partition coefficient (Wildman–Crippen LogP) is 3.24. The van der Waals surface area contributed by atoms with Gasteiger partial charge in [0.05, 0.1) is 17.7 Å². The molecule has 0 radical (unpaired) electrons. The largest absolute Gasteiger partial charge is 0.417 e. The molecule has 2 heterocycles. The third kappa shape index (κ3) is 3.00. The lowest BCUT2D eigenvalue weighted by atomic mass is 10.2. The van der Waals surface area contributed by atoms with Crippen LogP contribution >= 0.6 is 11.6 Å². The fourth-order valence-corrected chi connectivity index (χ4v) is 2.02. The highest BCUT2D eigenvalue weighted by atomic mass is 35.5. The zero-order valence-corrected chi connectivity index (χ0v) is 10.6. The minimum atomic E-state index is -4.69. The highest BCUT2D eigenvalue weighted by Crippen LogP contribution is 2.32. The van der Waals surface area contributed by atoms with Gasteiger partial charge in [-0.3, -0.25) is 4.79 Å². The second-order valence-electron chi connectivity index (χ2n) is 4.39. The number of carbonyl (C=O) groups excluding carboxylic acids is 1. The van der Waals surface area contributed by atoms with Crippen molar-refractivity contribution in [3.8, 4) is 0 Å². The van der Waals surface area contributed by atoms with Crippen molar-refractivity contribution >= 4 is 17.5 Å². The van der Waals surface area contributed by atoms with Crippen LogP contribution in [0.4, 0.5) is 22.0 Å². The summed E-state index contributed by atoms with van der Waals surface area (Å²) in [5.41, 5.74) is -1.68. The molecule has 2 rings (SSSR count). The number of alkyl halides is 5. The minimum Gasteiger partial charge on any atom is -0.332 e. The summed E-state index contributed by atoms with van der Waals surface area (Å²) in [5.74, 6) is -4.01. The Balaban J connectivity index is 2.31. The lowest BCUT2D eigenvalue weighted by Crippen LogP contribution is -2.32. The fourth-order valence-electron chi connectivity index (χ4n) is 1.83. The summed E-state index contributed by atoms with van der Waals surface area (Å²) in [6.45, 7) is -1.07. The summed E-state index contributed by atoms with van der Waals surface area (Å²) in [6, 6.07) is 0.522. The summed E-state index contributed by atoms with van der Waals surface area (Å²) in [4.78, 5) is 16.0. The molecule has 0 spiro atoms. The number of hydrogen-bond acceptors (Lipinski definition) is 2. The highest BCUT2D eigenvalue weighted by Gasteiger charge is 2.41. The molecule has 0 unspecified atom stereocenters. The van der Waals surface area contributed by atoms with E-state index in [4.69, 9.17) is 11.6 Å². The number of aromatic nitrogens is 1. The first-order chi connectivity index (χ1) is 9.10. The molecule has 110 valence electrons. The molecule has 1 aromatic heterocycles. The van der Waals surface area contributed by atoms with Crippen LogP contribution in [0.2, 0.25) is 5.15 Å². The van der Waals surface area contributed by atoms with Gasteiger partial charge in [-0.2, -0.15) is 13.2 Å². The van der Waals surface area contributed by atoms with Gasteiger partial charge in [0.1, 0.15) is 5.15 Å². The topological polar surface area (TPSA) is 33.2 Å². The number of halogens is 6. The monoisotopic (exact) mass is 314 g/mol. The molecule has 0 bridgehead atoms. The first-order valence-electron chi connectivity index (χ1n) is 5.50. The second-order valence-corrected chi connectivity index (χ2v) is 4.75.